The van der Waals surface area contributed by atoms with E-state index >= 15 is 0 Å². The molecular formula is C22H23N5O4S. The van der Waals surface area contributed by atoms with E-state index in [-0.39, 0.29) is 16.8 Å². The number of carbonyl (C=O) groups excluding carboxylic acids is 1. The first-order valence-electron chi connectivity index (χ1n) is 10.3. The highest BCUT2D eigenvalue weighted by Crippen LogP contribution is 2.22. The summed E-state index contributed by atoms with van der Waals surface area (Å²) in [7, 11) is -3.86. The monoisotopic (exact) mass is 453 g/mol. The maximum atomic E-state index is 13.1. The number of benzene rings is 2. The summed E-state index contributed by atoms with van der Waals surface area (Å²) >= 11 is 0. The molecule has 0 aliphatic rings. The third-order valence-electron chi connectivity index (χ3n) is 5.00. The molecule has 4 aromatic rings. The Kier molecular flexibility index (Phi) is 6.04. The molecule has 0 aliphatic heterocycles. The Morgan fingerprint density at radius 3 is 2.59 bits per heavy atom. The fourth-order valence-corrected chi connectivity index (χ4v) is 4.69. The summed E-state index contributed by atoms with van der Waals surface area (Å²) in [5, 5.41) is 11.1. The van der Waals surface area contributed by atoms with Crippen molar-refractivity contribution in [2.45, 2.75) is 44.3 Å². The van der Waals surface area contributed by atoms with E-state index in [0.717, 1.165) is 5.69 Å². The van der Waals surface area contributed by atoms with Crippen molar-refractivity contribution in [1.82, 2.24) is 19.7 Å². The maximum Gasteiger partial charge on any atom is 0.250 e. The molecule has 32 heavy (non-hydrogen) atoms. The topological polar surface area (TPSA) is 120 Å². The highest BCUT2D eigenvalue weighted by atomic mass is 32.2. The molecule has 2 aromatic carbocycles. The van der Waals surface area contributed by atoms with E-state index in [0.29, 0.717) is 42.0 Å². The number of aromatic nitrogens is 4. The van der Waals surface area contributed by atoms with E-state index in [1.165, 1.54) is 0 Å². The highest BCUT2D eigenvalue weighted by Gasteiger charge is 2.27. The molecular weight excluding hydrogens is 430 g/mol. The number of nitrogens with zero attached hydrogens (tertiary/aromatic N) is 4. The minimum Gasteiger partial charge on any atom is -0.440 e. The van der Waals surface area contributed by atoms with Crippen LogP contribution in [0.5, 0.6) is 0 Å². The smallest absolute Gasteiger partial charge is 0.250 e. The van der Waals surface area contributed by atoms with Gasteiger partial charge in [0.05, 0.1) is 6.54 Å². The molecule has 166 valence electrons. The van der Waals surface area contributed by atoms with Crippen molar-refractivity contribution in [2.24, 2.45) is 0 Å². The van der Waals surface area contributed by atoms with Gasteiger partial charge in [0.1, 0.15) is 11.3 Å². The van der Waals surface area contributed by atoms with Crippen LogP contribution in [0.1, 0.15) is 42.3 Å². The van der Waals surface area contributed by atoms with Crippen LogP contribution in [-0.2, 0) is 28.7 Å². The number of sulfone groups is 1. The number of ketones is 1. The number of fused-ring (bicyclic) bond motifs is 1. The van der Waals surface area contributed by atoms with Crippen LogP contribution in [-0.4, -0.2) is 33.9 Å². The number of anilines is 1. The molecule has 10 heteroatoms. The molecule has 0 saturated carbocycles. The van der Waals surface area contributed by atoms with Gasteiger partial charge >= 0.3 is 0 Å². The van der Waals surface area contributed by atoms with Gasteiger partial charge in [-0.1, -0.05) is 25.1 Å². The minimum atomic E-state index is -3.86. The quantitative estimate of drug-likeness (QED) is 0.382. The molecule has 0 atom stereocenters. The van der Waals surface area contributed by atoms with E-state index in [9.17, 15) is 13.2 Å². The van der Waals surface area contributed by atoms with Gasteiger partial charge in [-0.25, -0.2) is 13.4 Å². The summed E-state index contributed by atoms with van der Waals surface area (Å²) in [5.74, 6) is 0.0749. The van der Waals surface area contributed by atoms with Gasteiger partial charge in [-0.3, -0.25) is 4.79 Å². The van der Waals surface area contributed by atoms with Crippen molar-refractivity contribution < 1.29 is 17.6 Å². The Labute approximate surface area is 185 Å². The molecule has 0 unspecified atom stereocenters. The molecule has 1 N–H and O–H groups in total. The number of hydrogen-bond acceptors (Lipinski definition) is 8. The zero-order chi connectivity index (χ0) is 22.7. The van der Waals surface area contributed by atoms with Crippen molar-refractivity contribution in [1.29, 1.82) is 0 Å². The molecule has 0 saturated heterocycles. The number of hydrogen-bond donors (Lipinski definition) is 1. The van der Waals surface area contributed by atoms with Crippen molar-refractivity contribution >= 4 is 32.4 Å². The normalized spacial score (nSPS) is 11.7. The summed E-state index contributed by atoms with van der Waals surface area (Å²) < 4.78 is 33.3. The van der Waals surface area contributed by atoms with Crippen molar-refractivity contribution in [2.75, 3.05) is 5.32 Å². The zero-order valence-electron chi connectivity index (χ0n) is 17.8. The van der Waals surface area contributed by atoms with Gasteiger partial charge in [0.15, 0.2) is 17.2 Å². The third-order valence-corrected chi connectivity index (χ3v) is 6.49. The second-order valence-electron chi connectivity index (χ2n) is 7.19. The Bertz CT molecular complexity index is 1360. The highest BCUT2D eigenvalue weighted by molar-refractivity contribution is 7.90. The second-order valence-corrected chi connectivity index (χ2v) is 9.07. The number of rotatable bonds is 9. The predicted molar refractivity (Wildman–Crippen MR) is 119 cm³/mol. The Morgan fingerprint density at radius 2 is 1.88 bits per heavy atom. The van der Waals surface area contributed by atoms with Gasteiger partial charge in [-0.15, -0.1) is 10.2 Å². The standard InChI is InChI=1S/C22H23N5O4S/c1-3-18(28)15-10-11-19-17(12-15)24-21(31-19)14-32(29,30)22-26-25-20(27(22)4-2)13-23-16-8-6-5-7-9-16/h5-12,23H,3-4,13-14H2,1-2H3. The molecule has 0 spiro atoms. The van der Waals surface area contributed by atoms with Crippen LogP contribution in [0, 0.1) is 0 Å². The van der Waals surface area contributed by atoms with Crippen molar-refractivity contribution in [3.05, 3.63) is 65.8 Å². The second kappa shape index (κ2) is 8.91. The maximum absolute atomic E-state index is 13.1. The Morgan fingerprint density at radius 1 is 1.09 bits per heavy atom. The van der Waals surface area contributed by atoms with Gasteiger partial charge in [-0.05, 0) is 37.3 Å². The first-order chi connectivity index (χ1) is 15.4. The Balaban J connectivity index is 1.57. The van der Waals surface area contributed by atoms with Crippen molar-refractivity contribution in [3.63, 3.8) is 0 Å². The fourth-order valence-electron chi connectivity index (χ4n) is 3.38. The van der Waals surface area contributed by atoms with E-state index < -0.39 is 15.6 Å². The predicted octanol–water partition coefficient (Wildman–Crippen LogP) is 3.62. The van der Waals surface area contributed by atoms with Crippen LogP contribution in [0.2, 0.25) is 0 Å². The first-order valence-corrected chi connectivity index (χ1v) is 11.9. The fraction of sp³-hybridized carbons (Fsp3) is 0.273. The van der Waals surface area contributed by atoms with E-state index in [1.807, 2.05) is 37.3 Å². The molecule has 0 bridgehead atoms. The third kappa shape index (κ3) is 4.40. The lowest BCUT2D eigenvalue weighted by molar-refractivity contribution is 0.0988. The average molecular weight is 454 g/mol. The minimum absolute atomic E-state index is 0.0169. The summed E-state index contributed by atoms with van der Waals surface area (Å²) in [4.78, 5) is 16.2. The molecule has 2 aromatic heterocycles. The number of para-hydroxylation sites is 1. The van der Waals surface area contributed by atoms with Crippen LogP contribution in [0.3, 0.4) is 0 Å². The van der Waals surface area contributed by atoms with Gasteiger partial charge in [0.25, 0.3) is 0 Å². The Hall–Kier alpha value is -3.53. The molecule has 0 amide bonds. The first kappa shape index (κ1) is 21.7. The number of Topliss-reactive ketones (excluding diaryl/α,β-unsaturated/α-hetero) is 1. The van der Waals surface area contributed by atoms with Gasteiger partial charge < -0.3 is 14.3 Å². The van der Waals surface area contributed by atoms with Gasteiger partial charge in [0, 0.05) is 24.2 Å². The summed E-state index contributed by atoms with van der Waals surface area (Å²) in [6.45, 7) is 4.34. The average Bonchev–Trinajstić information content (AvgIpc) is 3.40. The largest absolute Gasteiger partial charge is 0.440 e. The zero-order valence-corrected chi connectivity index (χ0v) is 18.6. The number of oxazole rings is 1. The molecule has 0 fully saturated rings. The van der Waals surface area contributed by atoms with E-state index in [1.54, 1.807) is 29.7 Å². The van der Waals surface area contributed by atoms with Crippen LogP contribution >= 0.6 is 0 Å². The SMILES string of the molecule is CCC(=O)c1ccc2oc(CS(=O)(=O)c3nnc(CNc4ccccc4)n3CC)nc2c1. The summed E-state index contributed by atoms with van der Waals surface area (Å²) in [6, 6.07) is 14.4. The van der Waals surface area contributed by atoms with Crippen LogP contribution in [0.25, 0.3) is 11.1 Å². The van der Waals surface area contributed by atoms with Gasteiger partial charge in [-0.2, -0.15) is 0 Å². The number of nitrogens with one attached hydrogen (secondary N) is 1. The lowest BCUT2D eigenvalue weighted by Gasteiger charge is -2.09. The molecule has 4 rings (SSSR count). The molecule has 0 radical (unpaired) electrons. The number of carbonyl (C=O) groups is 1. The molecule has 9 nitrogen and oxygen atoms in total. The summed E-state index contributed by atoms with van der Waals surface area (Å²) in [5.41, 5.74) is 2.28. The summed E-state index contributed by atoms with van der Waals surface area (Å²) in [6.07, 6.45) is 0.374. The molecule has 0 aliphatic carbocycles. The van der Waals surface area contributed by atoms with Crippen LogP contribution in [0.15, 0.2) is 58.1 Å². The van der Waals surface area contributed by atoms with Gasteiger partial charge in [0.2, 0.25) is 20.9 Å². The molecule has 2 heterocycles. The van der Waals surface area contributed by atoms with Crippen molar-refractivity contribution in [3.8, 4) is 0 Å². The lowest BCUT2D eigenvalue weighted by atomic mass is 10.1. The van der Waals surface area contributed by atoms with Crippen LogP contribution in [0.4, 0.5) is 5.69 Å². The lowest BCUT2D eigenvalue weighted by Crippen LogP contribution is -2.15. The van der Waals surface area contributed by atoms with E-state index in [2.05, 4.69) is 20.5 Å². The van der Waals surface area contributed by atoms with E-state index in [4.69, 9.17) is 4.42 Å². The van der Waals surface area contributed by atoms with Crippen LogP contribution < -0.4 is 5.32 Å².